The van der Waals surface area contributed by atoms with Gasteiger partial charge in [0.25, 0.3) is 5.91 Å². The van der Waals surface area contributed by atoms with E-state index in [1.807, 2.05) is 30.3 Å². The molecule has 6 nitrogen and oxygen atoms in total. The van der Waals surface area contributed by atoms with E-state index >= 15 is 0 Å². The molecule has 0 saturated carbocycles. The van der Waals surface area contributed by atoms with Gasteiger partial charge in [0.15, 0.2) is 6.04 Å². The third-order valence-electron chi connectivity index (χ3n) is 4.31. The van der Waals surface area contributed by atoms with Crippen LogP contribution in [-0.2, 0) is 17.6 Å². The van der Waals surface area contributed by atoms with Crippen molar-refractivity contribution in [2.75, 3.05) is 6.54 Å². The van der Waals surface area contributed by atoms with Crippen LogP contribution in [0.1, 0.15) is 11.1 Å². The van der Waals surface area contributed by atoms with E-state index in [1.165, 1.54) is 12.1 Å². The molecule has 11 heteroatoms. The van der Waals surface area contributed by atoms with Crippen molar-refractivity contribution in [3.05, 3.63) is 65.7 Å². The highest BCUT2D eigenvalue weighted by molar-refractivity contribution is 6.43. The number of halogens is 4. The molecule has 0 fully saturated rings. The number of carbonyl (C=O) groups excluding carboxylic acids is 1. The molecule has 1 amide bonds. The largest absolute Gasteiger partial charge is 1.00 e. The van der Waals surface area contributed by atoms with Gasteiger partial charge in [0.05, 0.1) is 0 Å². The Morgan fingerprint density at radius 3 is 2.13 bits per heavy atom. The lowest BCUT2D eigenvalue weighted by atomic mass is 9.69. The number of nitrogens with one attached hydrogen (secondary N) is 1. The van der Waals surface area contributed by atoms with Gasteiger partial charge in [0.2, 0.25) is 0 Å². The van der Waals surface area contributed by atoms with Crippen molar-refractivity contribution in [3.63, 3.8) is 0 Å². The summed E-state index contributed by atoms with van der Waals surface area (Å²) in [5.41, 5.74) is 5.37. The third kappa shape index (κ3) is 9.04. The van der Waals surface area contributed by atoms with Crippen LogP contribution in [-0.4, -0.2) is 42.0 Å². The molecule has 0 aliphatic heterocycles. The summed E-state index contributed by atoms with van der Waals surface area (Å²) >= 11 is 0. The second kappa shape index (κ2) is 11.8. The molecule has 2 aromatic rings. The maximum Gasteiger partial charge on any atom is 0.573 e. The Hall–Kier alpha value is -2.27. The number of ether oxygens (including phenoxy) is 1. The normalized spacial score (nSPS) is 13.0. The molecule has 30 heavy (non-hydrogen) atoms. The number of hydrogen-bond donors (Lipinski definition) is 4. The van der Waals surface area contributed by atoms with Gasteiger partial charge in [-0.2, -0.15) is 0 Å². The maximum absolute atomic E-state index is 12.2. The molecule has 2 rings (SSSR count). The Morgan fingerprint density at radius 1 is 1.03 bits per heavy atom. The highest BCUT2D eigenvalue weighted by Gasteiger charge is 2.31. The molecule has 0 radical (unpaired) electrons. The summed E-state index contributed by atoms with van der Waals surface area (Å²) in [6, 6.07) is 13.9. The van der Waals surface area contributed by atoms with Gasteiger partial charge in [-0.25, -0.2) is 0 Å². The highest BCUT2D eigenvalue weighted by Crippen LogP contribution is 2.24. The molecule has 2 atom stereocenters. The van der Waals surface area contributed by atoms with Gasteiger partial charge < -0.3 is 38.2 Å². The number of carbonyl (C=O) groups is 1. The average molecular weight is 447 g/mol. The lowest BCUT2D eigenvalue weighted by Gasteiger charge is -2.18. The first-order chi connectivity index (χ1) is 13.6. The molecule has 0 bridgehead atoms. The van der Waals surface area contributed by atoms with Crippen molar-refractivity contribution in [3.8, 4) is 5.75 Å². The second-order valence-electron chi connectivity index (χ2n) is 6.70. The zero-order chi connectivity index (χ0) is 21.4. The van der Waals surface area contributed by atoms with Crippen molar-refractivity contribution in [2.24, 2.45) is 0 Å². The summed E-state index contributed by atoms with van der Waals surface area (Å²) in [5, 5.41) is 21.8. The summed E-state index contributed by atoms with van der Waals surface area (Å²) in [6.45, 7) is -0.0158. The van der Waals surface area contributed by atoms with Gasteiger partial charge in [-0.1, -0.05) is 42.5 Å². The fourth-order valence-electron chi connectivity index (χ4n) is 2.78. The van der Waals surface area contributed by atoms with E-state index in [9.17, 15) is 28.0 Å². The van der Waals surface area contributed by atoms with Crippen LogP contribution in [0.4, 0.5) is 13.2 Å². The smallest absolute Gasteiger partial charge is 0.573 e. The number of amides is 1. The molecule has 0 aromatic heterocycles. The first-order valence-electron chi connectivity index (χ1n) is 8.99. The topological polar surface area (TPSA) is 106 Å². The van der Waals surface area contributed by atoms with E-state index < -0.39 is 25.3 Å². The monoisotopic (exact) mass is 446 g/mol. The van der Waals surface area contributed by atoms with Crippen LogP contribution in [0.2, 0.25) is 5.82 Å². The van der Waals surface area contributed by atoms with Crippen LogP contribution in [0.5, 0.6) is 5.75 Å². The van der Waals surface area contributed by atoms with E-state index in [4.69, 9.17) is 0 Å². The fourth-order valence-corrected chi connectivity index (χ4v) is 2.78. The number of hydrogen-bond acceptors (Lipinski definition) is 4. The Kier molecular flexibility index (Phi) is 10.1. The second-order valence-corrected chi connectivity index (χ2v) is 6.70. The molecule has 0 aliphatic rings. The van der Waals surface area contributed by atoms with Gasteiger partial charge in [0.1, 0.15) is 5.75 Å². The van der Waals surface area contributed by atoms with Crippen molar-refractivity contribution < 1.29 is 50.9 Å². The van der Waals surface area contributed by atoms with E-state index in [2.05, 4.69) is 15.8 Å². The Morgan fingerprint density at radius 2 is 1.60 bits per heavy atom. The van der Waals surface area contributed by atoms with Crippen LogP contribution < -0.4 is 28.2 Å². The van der Waals surface area contributed by atoms with Crippen molar-refractivity contribution >= 4 is 13.0 Å². The van der Waals surface area contributed by atoms with E-state index in [1.54, 1.807) is 0 Å². The number of alkyl halides is 3. The third-order valence-corrected chi connectivity index (χ3v) is 4.31. The first-order valence-corrected chi connectivity index (χ1v) is 8.99. The van der Waals surface area contributed by atoms with Crippen LogP contribution in [0.25, 0.3) is 0 Å². The van der Waals surface area contributed by atoms with Crippen LogP contribution in [0.15, 0.2) is 54.6 Å². The molecule has 164 valence electrons. The standard InChI is InChI=1S/C19H22BF3N2O4.ClH/c21-19(22,23)29-16-8-6-14(7-9-16)10-15(20(27)28)12-25-18(26)17(24)11-13-4-2-1-3-5-13;/h1-9,15,17,27-28H,10-12,24H2,(H,25,26);1H/t15?,17-;/m0./s1. The summed E-state index contributed by atoms with van der Waals surface area (Å²) in [5.74, 6) is -1.43. The summed E-state index contributed by atoms with van der Waals surface area (Å²) in [4.78, 5) is 12.2. The lowest BCUT2D eigenvalue weighted by molar-refractivity contribution is -0.403. The zero-order valence-corrected chi connectivity index (χ0v) is 16.7. The minimum Gasteiger partial charge on any atom is -1.00 e. The summed E-state index contributed by atoms with van der Waals surface area (Å²) < 4.78 is 40.4. The molecular formula is C19H23BClF3N2O4. The SMILES string of the molecule is [Cl-].[NH3+][C@@H](Cc1ccccc1)C(=O)NCC(Cc1ccc(OC(F)(F)F)cc1)B(O)O. The molecule has 0 spiro atoms. The minimum atomic E-state index is -4.78. The predicted molar refractivity (Wildman–Crippen MR) is 101 cm³/mol. The predicted octanol–water partition coefficient (Wildman–Crippen LogP) is -2.06. The van der Waals surface area contributed by atoms with E-state index in [0.717, 1.165) is 17.7 Å². The first kappa shape index (κ1) is 25.8. The Balaban J connectivity index is 0.00000450. The van der Waals surface area contributed by atoms with Crippen LogP contribution >= 0.6 is 0 Å². The Bertz CT molecular complexity index is 780. The van der Waals surface area contributed by atoms with Crippen molar-refractivity contribution in [2.45, 2.75) is 31.1 Å². The van der Waals surface area contributed by atoms with Gasteiger partial charge in [-0.05, 0) is 29.7 Å². The Labute approximate surface area is 178 Å². The average Bonchev–Trinajstić information content (AvgIpc) is 2.65. The molecule has 6 N–H and O–H groups in total. The molecule has 0 aliphatic carbocycles. The van der Waals surface area contributed by atoms with Gasteiger partial charge in [-0.15, -0.1) is 13.2 Å². The van der Waals surface area contributed by atoms with Crippen molar-refractivity contribution in [1.82, 2.24) is 5.32 Å². The zero-order valence-electron chi connectivity index (χ0n) is 16.0. The quantitative estimate of drug-likeness (QED) is 0.333. The van der Waals surface area contributed by atoms with Crippen LogP contribution in [0, 0.1) is 0 Å². The van der Waals surface area contributed by atoms with E-state index in [0.29, 0.717) is 12.0 Å². The fraction of sp³-hybridized carbons (Fsp3) is 0.316. The van der Waals surface area contributed by atoms with Gasteiger partial charge in [-0.3, -0.25) is 4.79 Å². The summed E-state index contributed by atoms with van der Waals surface area (Å²) in [7, 11) is -1.71. The molecule has 0 saturated heterocycles. The molecular weight excluding hydrogens is 423 g/mol. The van der Waals surface area contributed by atoms with E-state index in [-0.39, 0.29) is 37.0 Å². The van der Waals surface area contributed by atoms with Crippen molar-refractivity contribution in [1.29, 1.82) is 0 Å². The number of quaternary nitrogens is 1. The highest BCUT2D eigenvalue weighted by atomic mass is 35.5. The number of rotatable bonds is 9. The lowest BCUT2D eigenvalue weighted by Crippen LogP contribution is -3.00. The maximum atomic E-state index is 12.2. The van der Waals surface area contributed by atoms with Crippen LogP contribution in [0.3, 0.4) is 0 Å². The molecule has 1 unspecified atom stereocenters. The molecule has 2 aromatic carbocycles. The summed E-state index contributed by atoms with van der Waals surface area (Å²) in [6.07, 6.45) is -4.19. The van der Waals surface area contributed by atoms with Gasteiger partial charge in [0, 0.05) is 18.8 Å². The minimum absolute atomic E-state index is 0. The van der Waals surface area contributed by atoms with Gasteiger partial charge >= 0.3 is 13.5 Å². The number of benzene rings is 2. The molecule has 0 heterocycles.